The highest BCUT2D eigenvalue weighted by molar-refractivity contribution is 5.95. The van der Waals surface area contributed by atoms with Gasteiger partial charge in [0.25, 0.3) is 5.91 Å². The van der Waals surface area contributed by atoms with Gasteiger partial charge >= 0.3 is 12.7 Å². The van der Waals surface area contributed by atoms with Gasteiger partial charge in [-0.2, -0.15) is 0 Å². The molecule has 0 saturated heterocycles. The van der Waals surface area contributed by atoms with Crippen LogP contribution in [0.3, 0.4) is 0 Å². The standard InChI is InChI=1S/C26H21F6NO5/c1-35-20-12-16-10-11-33(24(34)15-6-8-18(9-7-15)37-25(27,28)29)23(22(16)21(14-20)36-2)17-4-3-5-19(13-17)38-26(30,31)32/h3-9,12-14,23H,10-11H2,1-2H3. The smallest absolute Gasteiger partial charge is 0.497 e. The molecule has 4 rings (SSSR count). The van der Waals surface area contributed by atoms with Crippen LogP contribution in [0.1, 0.15) is 33.1 Å². The van der Waals surface area contributed by atoms with Crippen molar-refractivity contribution in [2.75, 3.05) is 20.8 Å². The summed E-state index contributed by atoms with van der Waals surface area (Å²) in [7, 11) is 2.89. The van der Waals surface area contributed by atoms with Crippen molar-refractivity contribution in [2.24, 2.45) is 0 Å². The summed E-state index contributed by atoms with van der Waals surface area (Å²) in [6, 6.07) is 12.1. The lowest BCUT2D eigenvalue weighted by Crippen LogP contribution is -2.41. The lowest BCUT2D eigenvalue weighted by molar-refractivity contribution is -0.275. The number of carbonyl (C=O) groups is 1. The molecule has 3 aromatic carbocycles. The zero-order valence-electron chi connectivity index (χ0n) is 20.0. The van der Waals surface area contributed by atoms with Crippen molar-refractivity contribution in [2.45, 2.75) is 25.2 Å². The lowest BCUT2D eigenvalue weighted by Gasteiger charge is -2.39. The van der Waals surface area contributed by atoms with E-state index in [9.17, 15) is 31.1 Å². The number of halogens is 6. The van der Waals surface area contributed by atoms with Crippen molar-refractivity contribution < 1.29 is 50.1 Å². The molecule has 0 fully saturated rings. The highest BCUT2D eigenvalue weighted by Crippen LogP contribution is 2.44. The summed E-state index contributed by atoms with van der Waals surface area (Å²) in [5.74, 6) is -0.693. The zero-order chi connectivity index (χ0) is 27.7. The molecule has 12 heteroatoms. The molecule has 1 heterocycles. The number of carbonyl (C=O) groups excluding carboxylic acids is 1. The van der Waals surface area contributed by atoms with Gasteiger partial charge in [0, 0.05) is 23.7 Å². The van der Waals surface area contributed by atoms with E-state index in [0.29, 0.717) is 29.0 Å². The summed E-state index contributed by atoms with van der Waals surface area (Å²) in [4.78, 5) is 15.0. The molecule has 0 N–H and O–H groups in total. The highest BCUT2D eigenvalue weighted by atomic mass is 19.4. The topological polar surface area (TPSA) is 57.2 Å². The first-order chi connectivity index (χ1) is 17.9. The summed E-state index contributed by atoms with van der Waals surface area (Å²) < 4.78 is 95.2. The lowest BCUT2D eigenvalue weighted by atomic mass is 9.86. The SMILES string of the molecule is COc1cc2c(c(OC)c1)C(c1cccc(OC(F)(F)F)c1)N(C(=O)c1ccc(OC(F)(F)F)cc1)CC2. The summed E-state index contributed by atoms with van der Waals surface area (Å²) in [6.45, 7) is 0.151. The van der Waals surface area contributed by atoms with E-state index < -0.39 is 36.2 Å². The molecule has 0 bridgehead atoms. The van der Waals surface area contributed by atoms with E-state index in [1.54, 1.807) is 18.2 Å². The van der Waals surface area contributed by atoms with Gasteiger partial charge in [0.05, 0.1) is 20.3 Å². The number of nitrogens with zero attached hydrogens (tertiary/aromatic N) is 1. The number of hydrogen-bond acceptors (Lipinski definition) is 5. The monoisotopic (exact) mass is 541 g/mol. The number of rotatable bonds is 6. The summed E-state index contributed by atoms with van der Waals surface area (Å²) in [5, 5.41) is 0. The molecule has 0 saturated carbocycles. The minimum Gasteiger partial charge on any atom is -0.497 e. The Morgan fingerprint density at radius 1 is 0.816 bits per heavy atom. The van der Waals surface area contributed by atoms with Gasteiger partial charge in [-0.1, -0.05) is 12.1 Å². The van der Waals surface area contributed by atoms with Crippen LogP contribution in [-0.2, 0) is 6.42 Å². The zero-order valence-corrected chi connectivity index (χ0v) is 20.0. The van der Waals surface area contributed by atoms with E-state index in [2.05, 4.69) is 9.47 Å². The van der Waals surface area contributed by atoms with Crippen LogP contribution < -0.4 is 18.9 Å². The molecular weight excluding hydrogens is 520 g/mol. The van der Waals surface area contributed by atoms with Gasteiger partial charge in [-0.3, -0.25) is 4.79 Å². The van der Waals surface area contributed by atoms with Gasteiger partial charge in [0.2, 0.25) is 0 Å². The van der Waals surface area contributed by atoms with E-state index in [0.717, 1.165) is 23.8 Å². The van der Waals surface area contributed by atoms with Gasteiger partial charge in [-0.25, -0.2) is 0 Å². The minimum absolute atomic E-state index is 0.0585. The Kier molecular flexibility index (Phi) is 7.34. The molecule has 1 unspecified atom stereocenters. The first-order valence-corrected chi connectivity index (χ1v) is 11.2. The Balaban J connectivity index is 1.79. The molecule has 1 amide bonds. The van der Waals surface area contributed by atoms with Gasteiger partial charge < -0.3 is 23.8 Å². The van der Waals surface area contributed by atoms with Crippen LogP contribution in [0.5, 0.6) is 23.0 Å². The Morgan fingerprint density at radius 2 is 1.47 bits per heavy atom. The third-order valence-corrected chi connectivity index (χ3v) is 5.87. The second-order valence-electron chi connectivity index (χ2n) is 8.25. The van der Waals surface area contributed by atoms with Crippen molar-refractivity contribution in [1.29, 1.82) is 0 Å². The van der Waals surface area contributed by atoms with Crippen molar-refractivity contribution in [3.63, 3.8) is 0 Å². The summed E-state index contributed by atoms with van der Waals surface area (Å²) >= 11 is 0. The summed E-state index contributed by atoms with van der Waals surface area (Å²) in [6.07, 6.45) is -9.46. The third-order valence-electron chi connectivity index (χ3n) is 5.87. The van der Waals surface area contributed by atoms with Crippen LogP contribution >= 0.6 is 0 Å². The Morgan fingerprint density at radius 3 is 2.08 bits per heavy atom. The van der Waals surface area contributed by atoms with E-state index in [1.807, 2.05) is 0 Å². The van der Waals surface area contributed by atoms with Gasteiger partial charge in [0.1, 0.15) is 23.0 Å². The van der Waals surface area contributed by atoms with E-state index in [1.165, 1.54) is 43.4 Å². The van der Waals surface area contributed by atoms with Crippen LogP contribution in [-0.4, -0.2) is 44.3 Å². The average molecular weight is 541 g/mol. The van der Waals surface area contributed by atoms with Crippen LogP contribution in [0.25, 0.3) is 0 Å². The molecule has 0 aliphatic carbocycles. The molecule has 202 valence electrons. The second kappa shape index (κ2) is 10.3. The largest absolute Gasteiger partial charge is 0.573 e. The van der Waals surface area contributed by atoms with E-state index in [-0.39, 0.29) is 12.1 Å². The average Bonchev–Trinajstić information content (AvgIpc) is 2.85. The van der Waals surface area contributed by atoms with Crippen LogP contribution in [0.15, 0.2) is 60.7 Å². The predicted octanol–water partition coefficient (Wildman–Crippen LogP) is 6.29. The molecule has 0 radical (unpaired) electrons. The third kappa shape index (κ3) is 6.06. The summed E-state index contributed by atoms with van der Waals surface area (Å²) in [5.41, 5.74) is 1.66. The Labute approximate surface area is 213 Å². The van der Waals surface area contributed by atoms with Gasteiger partial charge in [-0.15, -0.1) is 26.3 Å². The van der Waals surface area contributed by atoms with Crippen LogP contribution in [0.4, 0.5) is 26.3 Å². The quantitative estimate of drug-likeness (QED) is 0.344. The maximum atomic E-state index is 13.6. The van der Waals surface area contributed by atoms with Crippen molar-refractivity contribution in [1.82, 2.24) is 4.90 Å². The second-order valence-corrected chi connectivity index (χ2v) is 8.25. The van der Waals surface area contributed by atoms with E-state index >= 15 is 0 Å². The molecule has 1 atom stereocenters. The minimum atomic E-state index is -4.93. The number of methoxy groups -OCH3 is 2. The number of alkyl halides is 6. The molecule has 38 heavy (non-hydrogen) atoms. The number of hydrogen-bond donors (Lipinski definition) is 0. The first kappa shape index (κ1) is 27.0. The molecule has 0 spiro atoms. The number of fused-ring (bicyclic) bond motifs is 1. The highest BCUT2D eigenvalue weighted by Gasteiger charge is 2.37. The molecule has 3 aromatic rings. The van der Waals surface area contributed by atoms with Crippen molar-refractivity contribution in [3.05, 3.63) is 82.9 Å². The fraction of sp³-hybridized carbons (Fsp3) is 0.269. The molecule has 1 aliphatic rings. The normalized spacial score (nSPS) is 15.5. The fourth-order valence-electron chi connectivity index (χ4n) is 4.40. The fourth-order valence-corrected chi connectivity index (χ4v) is 4.40. The Hall–Kier alpha value is -4.09. The molecule has 6 nitrogen and oxygen atoms in total. The first-order valence-electron chi connectivity index (χ1n) is 11.2. The van der Waals surface area contributed by atoms with Crippen LogP contribution in [0.2, 0.25) is 0 Å². The van der Waals surface area contributed by atoms with Crippen molar-refractivity contribution >= 4 is 5.91 Å². The van der Waals surface area contributed by atoms with Gasteiger partial charge in [0.15, 0.2) is 0 Å². The van der Waals surface area contributed by atoms with Gasteiger partial charge in [-0.05, 0) is 60.0 Å². The van der Waals surface area contributed by atoms with E-state index in [4.69, 9.17) is 9.47 Å². The molecule has 1 aliphatic heterocycles. The molecular formula is C26H21F6NO5. The number of benzene rings is 3. The Bertz CT molecular complexity index is 1290. The molecule has 0 aromatic heterocycles. The van der Waals surface area contributed by atoms with Crippen molar-refractivity contribution in [3.8, 4) is 23.0 Å². The maximum Gasteiger partial charge on any atom is 0.573 e. The number of ether oxygens (including phenoxy) is 4. The maximum absolute atomic E-state index is 13.6. The predicted molar refractivity (Wildman–Crippen MR) is 122 cm³/mol. The number of amides is 1. The van der Waals surface area contributed by atoms with Crippen LogP contribution in [0, 0.1) is 0 Å².